The van der Waals surface area contributed by atoms with Gasteiger partial charge >= 0.3 is 0 Å². The summed E-state index contributed by atoms with van der Waals surface area (Å²) >= 11 is 0. The molecule has 0 unspecified atom stereocenters. The molecule has 0 saturated heterocycles. The van der Waals surface area contributed by atoms with Crippen LogP contribution in [0.3, 0.4) is 0 Å². The van der Waals surface area contributed by atoms with Crippen LogP contribution in [0.4, 0.5) is 15.9 Å². The van der Waals surface area contributed by atoms with Gasteiger partial charge in [0.05, 0.1) is 19.0 Å². The highest BCUT2D eigenvalue weighted by atomic mass is 32.2. The van der Waals surface area contributed by atoms with Gasteiger partial charge in [-0.05, 0) is 12.1 Å². The number of ether oxygens (including phenoxy) is 1. The molecule has 2 rings (SSSR count). The number of aromatic amines is 1. The summed E-state index contributed by atoms with van der Waals surface area (Å²) in [6.45, 7) is 0. The van der Waals surface area contributed by atoms with Crippen LogP contribution in [0, 0.1) is 5.82 Å². The zero-order valence-corrected chi connectivity index (χ0v) is 10.7. The molecule has 0 aliphatic carbocycles. The Morgan fingerprint density at radius 2 is 2.21 bits per heavy atom. The number of aromatic nitrogens is 2. The molecule has 7 nitrogen and oxygen atoms in total. The molecule has 0 amide bonds. The number of hydrogen-bond donors (Lipinski definition) is 3. The van der Waals surface area contributed by atoms with E-state index in [1.54, 1.807) is 0 Å². The van der Waals surface area contributed by atoms with E-state index in [1.807, 2.05) is 0 Å². The summed E-state index contributed by atoms with van der Waals surface area (Å²) in [6.07, 6.45) is 1.08. The minimum atomic E-state index is -3.89. The van der Waals surface area contributed by atoms with Crippen molar-refractivity contribution in [2.45, 2.75) is 4.90 Å². The third-order valence-corrected chi connectivity index (χ3v) is 3.73. The quantitative estimate of drug-likeness (QED) is 0.774. The van der Waals surface area contributed by atoms with E-state index in [0.29, 0.717) is 0 Å². The van der Waals surface area contributed by atoms with E-state index in [9.17, 15) is 12.8 Å². The van der Waals surface area contributed by atoms with Crippen molar-refractivity contribution in [1.82, 2.24) is 10.2 Å². The number of rotatable bonds is 4. The van der Waals surface area contributed by atoms with Crippen LogP contribution < -0.4 is 15.2 Å². The van der Waals surface area contributed by atoms with Crippen LogP contribution in [0.25, 0.3) is 0 Å². The molecule has 9 heteroatoms. The molecule has 0 fully saturated rings. The second-order valence-electron chi connectivity index (χ2n) is 3.60. The first-order chi connectivity index (χ1) is 8.94. The summed E-state index contributed by atoms with van der Waals surface area (Å²) in [4.78, 5) is -0.184. The molecule has 19 heavy (non-hydrogen) atoms. The molecule has 0 radical (unpaired) electrons. The predicted octanol–water partition coefficient (Wildman–Crippen LogP) is 0.940. The summed E-state index contributed by atoms with van der Waals surface area (Å²) in [6, 6.07) is 3.59. The van der Waals surface area contributed by atoms with Crippen LogP contribution in [-0.4, -0.2) is 25.7 Å². The van der Waals surface area contributed by atoms with Gasteiger partial charge in [0, 0.05) is 6.07 Å². The molecule has 1 aromatic heterocycles. The Labute approximate surface area is 108 Å². The second kappa shape index (κ2) is 4.76. The highest BCUT2D eigenvalue weighted by Gasteiger charge is 2.20. The molecule has 102 valence electrons. The van der Waals surface area contributed by atoms with Crippen LogP contribution >= 0.6 is 0 Å². The smallest absolute Gasteiger partial charge is 0.267 e. The molecule has 1 heterocycles. The van der Waals surface area contributed by atoms with Crippen molar-refractivity contribution in [3.8, 4) is 5.75 Å². The van der Waals surface area contributed by atoms with Crippen molar-refractivity contribution >= 4 is 21.5 Å². The van der Waals surface area contributed by atoms with E-state index in [4.69, 9.17) is 10.5 Å². The number of benzene rings is 1. The Morgan fingerprint density at radius 1 is 1.47 bits per heavy atom. The molecule has 0 aliphatic heterocycles. The Balaban J connectivity index is 2.34. The molecule has 0 aliphatic rings. The summed E-state index contributed by atoms with van der Waals surface area (Å²) in [5, 5.41) is 5.84. The lowest BCUT2D eigenvalue weighted by Crippen LogP contribution is -2.14. The van der Waals surface area contributed by atoms with Gasteiger partial charge < -0.3 is 10.5 Å². The van der Waals surface area contributed by atoms with E-state index in [2.05, 4.69) is 14.9 Å². The Kier molecular flexibility index (Phi) is 3.30. The monoisotopic (exact) mass is 286 g/mol. The van der Waals surface area contributed by atoms with E-state index < -0.39 is 15.8 Å². The highest BCUT2D eigenvalue weighted by Crippen LogP contribution is 2.24. The number of nitrogens with zero attached hydrogens (tertiary/aromatic N) is 1. The van der Waals surface area contributed by atoms with Gasteiger partial charge in [0.2, 0.25) is 0 Å². The minimum Gasteiger partial charge on any atom is -0.494 e. The number of hydrogen-bond acceptors (Lipinski definition) is 5. The predicted molar refractivity (Wildman–Crippen MR) is 66.8 cm³/mol. The van der Waals surface area contributed by atoms with Crippen molar-refractivity contribution in [2.24, 2.45) is 0 Å². The number of nitrogens with one attached hydrogen (secondary N) is 2. The zero-order chi connectivity index (χ0) is 14.0. The molecule has 0 atom stereocenters. The molecule has 4 N–H and O–H groups in total. The Morgan fingerprint density at radius 3 is 2.79 bits per heavy atom. The average Bonchev–Trinajstić information content (AvgIpc) is 2.78. The first kappa shape index (κ1) is 13.1. The molecule has 2 aromatic rings. The summed E-state index contributed by atoms with van der Waals surface area (Å²) in [5.74, 6) is -0.741. The molecule has 1 aromatic carbocycles. The number of nitrogen functional groups attached to an aromatic ring is 1. The fraction of sp³-hybridized carbons (Fsp3) is 0.100. The van der Waals surface area contributed by atoms with E-state index >= 15 is 0 Å². The van der Waals surface area contributed by atoms with Gasteiger partial charge in [-0.25, -0.2) is 12.8 Å². The number of methoxy groups -OCH3 is 1. The molecule has 0 bridgehead atoms. The van der Waals surface area contributed by atoms with Gasteiger partial charge in [-0.3, -0.25) is 9.82 Å². The normalized spacial score (nSPS) is 11.3. The van der Waals surface area contributed by atoms with Crippen molar-refractivity contribution in [2.75, 3.05) is 17.6 Å². The number of sulfonamides is 1. The number of halogens is 1. The standard InChI is InChI=1S/C10H11FN4O3S/c1-18-8-4-6(2-3-7(8)11)15-19(16,17)9-5-13-14-10(9)12/h2-5,15H,1H3,(H3,12,13,14). The van der Waals surface area contributed by atoms with Gasteiger partial charge in [0.15, 0.2) is 11.6 Å². The number of H-pyrrole nitrogens is 1. The van der Waals surface area contributed by atoms with Crippen LogP contribution in [-0.2, 0) is 10.0 Å². The number of anilines is 2. The Bertz CT molecular complexity index is 699. The van der Waals surface area contributed by atoms with E-state index in [-0.39, 0.29) is 22.2 Å². The maximum absolute atomic E-state index is 13.2. The summed E-state index contributed by atoms with van der Waals surface area (Å²) in [5.41, 5.74) is 5.59. The van der Waals surface area contributed by atoms with Crippen molar-refractivity contribution in [3.63, 3.8) is 0 Å². The maximum atomic E-state index is 13.2. The zero-order valence-electron chi connectivity index (χ0n) is 9.84. The van der Waals surface area contributed by atoms with Crippen molar-refractivity contribution < 1.29 is 17.5 Å². The topological polar surface area (TPSA) is 110 Å². The van der Waals surface area contributed by atoms with E-state index in [0.717, 1.165) is 12.3 Å². The molecular formula is C10H11FN4O3S. The largest absolute Gasteiger partial charge is 0.494 e. The van der Waals surface area contributed by atoms with Gasteiger partial charge in [-0.15, -0.1) is 0 Å². The molecule has 0 saturated carbocycles. The maximum Gasteiger partial charge on any atom is 0.267 e. The molecular weight excluding hydrogens is 275 g/mol. The van der Waals surface area contributed by atoms with Crippen LogP contribution in [0.1, 0.15) is 0 Å². The van der Waals surface area contributed by atoms with Gasteiger partial charge in [0.1, 0.15) is 10.7 Å². The fourth-order valence-corrected chi connectivity index (χ4v) is 2.51. The lowest BCUT2D eigenvalue weighted by atomic mass is 10.3. The van der Waals surface area contributed by atoms with Crippen molar-refractivity contribution in [3.05, 3.63) is 30.2 Å². The van der Waals surface area contributed by atoms with Gasteiger partial charge in [0.25, 0.3) is 10.0 Å². The minimum absolute atomic E-state index is 0.0691. The average molecular weight is 286 g/mol. The third kappa shape index (κ3) is 2.60. The van der Waals surface area contributed by atoms with Gasteiger partial charge in [-0.1, -0.05) is 0 Å². The lowest BCUT2D eigenvalue weighted by Gasteiger charge is -2.09. The highest BCUT2D eigenvalue weighted by molar-refractivity contribution is 7.92. The lowest BCUT2D eigenvalue weighted by molar-refractivity contribution is 0.387. The SMILES string of the molecule is COc1cc(NS(=O)(=O)c2cn[nH]c2N)ccc1F. The Hall–Kier alpha value is -2.29. The third-order valence-electron chi connectivity index (χ3n) is 2.33. The summed E-state index contributed by atoms with van der Waals surface area (Å²) in [7, 11) is -2.60. The number of nitrogens with two attached hydrogens (primary N) is 1. The first-order valence-electron chi connectivity index (χ1n) is 5.09. The van der Waals surface area contributed by atoms with Crippen LogP contribution in [0.15, 0.2) is 29.3 Å². The van der Waals surface area contributed by atoms with E-state index in [1.165, 1.54) is 19.2 Å². The molecule has 0 spiro atoms. The second-order valence-corrected chi connectivity index (χ2v) is 5.25. The van der Waals surface area contributed by atoms with Crippen molar-refractivity contribution in [1.29, 1.82) is 0 Å². The first-order valence-corrected chi connectivity index (χ1v) is 6.57. The van der Waals surface area contributed by atoms with Crippen LogP contribution in [0.2, 0.25) is 0 Å². The van der Waals surface area contributed by atoms with Gasteiger partial charge in [-0.2, -0.15) is 5.10 Å². The summed E-state index contributed by atoms with van der Waals surface area (Å²) < 4.78 is 44.2. The van der Waals surface area contributed by atoms with Crippen LogP contribution in [0.5, 0.6) is 5.75 Å². The fourth-order valence-electron chi connectivity index (χ4n) is 1.43.